The molecule has 1 aliphatic rings. The van der Waals surface area contributed by atoms with E-state index in [0.717, 1.165) is 0 Å². The lowest BCUT2D eigenvalue weighted by molar-refractivity contribution is -0.121. The first-order valence-electron chi connectivity index (χ1n) is 6.26. The molecular weight excluding hydrogens is 264 g/mol. The molecule has 20 heavy (non-hydrogen) atoms. The van der Waals surface area contributed by atoms with E-state index in [-0.39, 0.29) is 12.5 Å². The molecule has 0 unspecified atom stereocenters. The number of ether oxygens (including phenoxy) is 4. The Morgan fingerprint density at radius 3 is 2.70 bits per heavy atom. The zero-order chi connectivity index (χ0) is 14.4. The van der Waals surface area contributed by atoms with Crippen LogP contribution in [0.4, 0.5) is 11.4 Å². The van der Waals surface area contributed by atoms with E-state index in [1.165, 1.54) is 0 Å². The van der Waals surface area contributed by atoms with Gasteiger partial charge in [-0.05, 0) is 0 Å². The predicted octanol–water partition coefficient (Wildman–Crippen LogP) is 0.641. The van der Waals surface area contributed by atoms with Gasteiger partial charge in [0, 0.05) is 19.2 Å². The maximum Gasteiger partial charge on any atom is 0.250 e. The van der Waals surface area contributed by atoms with Gasteiger partial charge < -0.3 is 30.0 Å². The smallest absolute Gasteiger partial charge is 0.250 e. The Morgan fingerprint density at radius 1 is 1.30 bits per heavy atom. The van der Waals surface area contributed by atoms with E-state index < -0.39 is 0 Å². The van der Waals surface area contributed by atoms with Gasteiger partial charge in [-0.1, -0.05) is 0 Å². The van der Waals surface area contributed by atoms with Gasteiger partial charge in [-0.25, -0.2) is 0 Å². The fourth-order valence-corrected chi connectivity index (χ4v) is 1.71. The van der Waals surface area contributed by atoms with Crippen LogP contribution in [0.5, 0.6) is 11.5 Å². The van der Waals surface area contributed by atoms with Gasteiger partial charge in [0.2, 0.25) is 5.91 Å². The first kappa shape index (κ1) is 14.4. The molecule has 2 rings (SSSR count). The molecule has 110 valence electrons. The van der Waals surface area contributed by atoms with E-state index in [9.17, 15) is 4.79 Å². The number of hydrogen-bond acceptors (Lipinski definition) is 6. The first-order chi connectivity index (χ1) is 9.70. The van der Waals surface area contributed by atoms with Crippen LogP contribution in [0.25, 0.3) is 0 Å². The van der Waals surface area contributed by atoms with Gasteiger partial charge in [0.25, 0.3) is 0 Å². The number of carbonyl (C=O) groups is 1. The Hall–Kier alpha value is -1.99. The van der Waals surface area contributed by atoms with Crippen molar-refractivity contribution in [3.05, 3.63) is 12.1 Å². The van der Waals surface area contributed by atoms with E-state index in [4.69, 9.17) is 24.7 Å². The Kier molecular flexibility index (Phi) is 5.03. The van der Waals surface area contributed by atoms with E-state index >= 15 is 0 Å². The van der Waals surface area contributed by atoms with Crippen molar-refractivity contribution in [3.63, 3.8) is 0 Å². The van der Waals surface area contributed by atoms with Gasteiger partial charge in [-0.3, -0.25) is 4.79 Å². The van der Waals surface area contributed by atoms with Gasteiger partial charge in [-0.2, -0.15) is 0 Å². The Morgan fingerprint density at radius 2 is 2.00 bits per heavy atom. The van der Waals surface area contributed by atoms with E-state index in [0.29, 0.717) is 49.3 Å². The molecule has 7 nitrogen and oxygen atoms in total. The van der Waals surface area contributed by atoms with Gasteiger partial charge in [-0.15, -0.1) is 0 Å². The predicted molar refractivity (Wildman–Crippen MR) is 73.2 cm³/mol. The van der Waals surface area contributed by atoms with Gasteiger partial charge in [0.1, 0.15) is 19.8 Å². The zero-order valence-electron chi connectivity index (χ0n) is 11.3. The second kappa shape index (κ2) is 6.97. The molecule has 0 bridgehead atoms. The molecule has 1 aromatic carbocycles. The Balaban J connectivity index is 1.93. The van der Waals surface area contributed by atoms with Crippen molar-refractivity contribution in [2.75, 3.05) is 51.2 Å². The second-order valence-electron chi connectivity index (χ2n) is 4.18. The summed E-state index contributed by atoms with van der Waals surface area (Å²) < 4.78 is 20.8. The number of nitrogens with one attached hydrogen (secondary N) is 1. The highest BCUT2D eigenvalue weighted by atomic mass is 16.6. The number of amides is 1. The molecule has 1 aliphatic heterocycles. The van der Waals surface area contributed by atoms with Crippen molar-refractivity contribution >= 4 is 17.3 Å². The van der Waals surface area contributed by atoms with Crippen molar-refractivity contribution in [1.82, 2.24) is 0 Å². The molecule has 1 heterocycles. The third-order valence-electron chi connectivity index (χ3n) is 2.65. The number of rotatable bonds is 6. The van der Waals surface area contributed by atoms with Crippen LogP contribution < -0.4 is 20.5 Å². The molecular formula is C13H18N2O5. The fraction of sp³-hybridized carbons (Fsp3) is 0.462. The number of methoxy groups -OCH3 is 1. The largest absolute Gasteiger partial charge is 0.486 e. The molecule has 0 spiro atoms. The third-order valence-corrected chi connectivity index (χ3v) is 2.65. The van der Waals surface area contributed by atoms with Crippen molar-refractivity contribution in [2.45, 2.75) is 0 Å². The zero-order valence-corrected chi connectivity index (χ0v) is 11.3. The summed E-state index contributed by atoms with van der Waals surface area (Å²) in [5, 5.41) is 2.67. The molecule has 1 aromatic rings. The van der Waals surface area contributed by atoms with Gasteiger partial charge >= 0.3 is 0 Å². The number of fused-ring (bicyclic) bond motifs is 1. The SMILES string of the molecule is COCCOCC(=O)Nc1cc2c(cc1N)OCCO2. The number of benzene rings is 1. The third kappa shape index (κ3) is 3.75. The molecule has 0 saturated carbocycles. The van der Waals surface area contributed by atoms with Crippen molar-refractivity contribution in [3.8, 4) is 11.5 Å². The molecule has 7 heteroatoms. The number of nitrogen functional groups attached to an aromatic ring is 1. The summed E-state index contributed by atoms with van der Waals surface area (Å²) in [7, 11) is 1.57. The number of hydrogen-bond donors (Lipinski definition) is 2. The summed E-state index contributed by atoms with van der Waals surface area (Å²) in [5.41, 5.74) is 6.76. The summed E-state index contributed by atoms with van der Waals surface area (Å²) >= 11 is 0. The average molecular weight is 282 g/mol. The van der Waals surface area contributed by atoms with E-state index in [1.54, 1.807) is 19.2 Å². The molecule has 0 atom stereocenters. The lowest BCUT2D eigenvalue weighted by Gasteiger charge is -2.20. The highest BCUT2D eigenvalue weighted by Crippen LogP contribution is 2.36. The van der Waals surface area contributed by atoms with Gasteiger partial charge in [0.05, 0.1) is 24.6 Å². The highest BCUT2D eigenvalue weighted by Gasteiger charge is 2.15. The molecule has 3 N–H and O–H groups in total. The van der Waals surface area contributed by atoms with Crippen LogP contribution in [0.3, 0.4) is 0 Å². The maximum atomic E-state index is 11.7. The van der Waals surface area contributed by atoms with Crippen molar-refractivity contribution in [2.24, 2.45) is 0 Å². The van der Waals surface area contributed by atoms with Crippen LogP contribution in [0.1, 0.15) is 0 Å². The molecule has 0 aliphatic carbocycles. The van der Waals surface area contributed by atoms with Crippen LogP contribution in [-0.4, -0.2) is 46.1 Å². The summed E-state index contributed by atoms with van der Waals surface area (Å²) in [6, 6.07) is 3.28. The lowest BCUT2D eigenvalue weighted by Crippen LogP contribution is -2.21. The number of nitrogens with two attached hydrogens (primary N) is 1. The average Bonchev–Trinajstić information content (AvgIpc) is 2.44. The van der Waals surface area contributed by atoms with Gasteiger partial charge in [0.15, 0.2) is 11.5 Å². The summed E-state index contributed by atoms with van der Waals surface area (Å²) in [4.78, 5) is 11.7. The molecule has 0 saturated heterocycles. The second-order valence-corrected chi connectivity index (χ2v) is 4.18. The standard InChI is InChI=1S/C13H18N2O5/c1-17-2-3-18-8-13(16)15-10-7-12-11(6-9(10)14)19-4-5-20-12/h6-7H,2-5,8,14H2,1H3,(H,15,16). The summed E-state index contributed by atoms with van der Waals surface area (Å²) in [6.45, 7) is 1.72. The topological polar surface area (TPSA) is 92.0 Å². The van der Waals surface area contributed by atoms with Crippen LogP contribution in [0, 0.1) is 0 Å². The summed E-state index contributed by atoms with van der Waals surface area (Å²) in [6.07, 6.45) is 0. The minimum absolute atomic E-state index is 0.0583. The number of carbonyl (C=O) groups excluding carboxylic acids is 1. The minimum atomic E-state index is -0.288. The maximum absolute atomic E-state index is 11.7. The monoisotopic (exact) mass is 282 g/mol. The fourth-order valence-electron chi connectivity index (χ4n) is 1.71. The van der Waals surface area contributed by atoms with Crippen molar-refractivity contribution in [1.29, 1.82) is 0 Å². The lowest BCUT2D eigenvalue weighted by atomic mass is 10.2. The molecule has 0 aromatic heterocycles. The summed E-state index contributed by atoms with van der Waals surface area (Å²) in [5.74, 6) is 0.869. The number of anilines is 2. The molecule has 1 amide bonds. The van der Waals surface area contributed by atoms with Crippen LogP contribution in [0.2, 0.25) is 0 Å². The van der Waals surface area contributed by atoms with Crippen LogP contribution >= 0.6 is 0 Å². The quantitative estimate of drug-likeness (QED) is 0.587. The minimum Gasteiger partial charge on any atom is -0.486 e. The van der Waals surface area contributed by atoms with Crippen molar-refractivity contribution < 1.29 is 23.7 Å². The molecule has 0 fully saturated rings. The normalized spacial score (nSPS) is 13.1. The first-order valence-corrected chi connectivity index (χ1v) is 6.26. The van der Waals surface area contributed by atoms with Crippen LogP contribution in [-0.2, 0) is 14.3 Å². The highest BCUT2D eigenvalue weighted by molar-refractivity contribution is 5.95. The van der Waals surface area contributed by atoms with E-state index in [1.807, 2.05) is 0 Å². The Bertz CT molecular complexity index is 478. The molecule has 0 radical (unpaired) electrons. The van der Waals surface area contributed by atoms with Crippen LogP contribution in [0.15, 0.2) is 12.1 Å². The Labute approximate surface area is 116 Å². The van der Waals surface area contributed by atoms with E-state index in [2.05, 4.69) is 5.32 Å².